The third-order valence-corrected chi connectivity index (χ3v) is 3.84. The standard InChI is InChI=1S/C19H21ClN2O5/c1-12-5-6-16(24-2)15(7-12)22-18(23)11-27-21-10-13-8-14(20)19(26-4)17(9-13)25-3/h5-10H,11H2,1-4H3,(H,22,23)/b21-10-. The number of carbonyl (C=O) groups excluding carboxylic acids is 1. The van der Waals surface area contributed by atoms with Crippen molar-refractivity contribution in [3.63, 3.8) is 0 Å². The van der Waals surface area contributed by atoms with E-state index in [-0.39, 0.29) is 12.5 Å². The molecule has 2 rings (SSSR count). The summed E-state index contributed by atoms with van der Waals surface area (Å²) in [5.41, 5.74) is 2.20. The average molecular weight is 393 g/mol. The van der Waals surface area contributed by atoms with Crippen LogP contribution < -0.4 is 19.5 Å². The maximum atomic E-state index is 12.0. The molecule has 7 nitrogen and oxygen atoms in total. The van der Waals surface area contributed by atoms with Crippen LogP contribution in [0.4, 0.5) is 5.69 Å². The molecule has 0 atom stereocenters. The molecule has 0 aromatic heterocycles. The molecule has 1 N–H and O–H groups in total. The van der Waals surface area contributed by atoms with E-state index in [2.05, 4.69) is 10.5 Å². The number of benzene rings is 2. The van der Waals surface area contributed by atoms with Gasteiger partial charge in [0.05, 0.1) is 38.3 Å². The third kappa shape index (κ3) is 5.52. The summed E-state index contributed by atoms with van der Waals surface area (Å²) >= 11 is 6.12. The van der Waals surface area contributed by atoms with Crippen molar-refractivity contribution in [3.05, 3.63) is 46.5 Å². The van der Waals surface area contributed by atoms with E-state index >= 15 is 0 Å². The van der Waals surface area contributed by atoms with Crippen molar-refractivity contribution in [2.24, 2.45) is 5.16 Å². The minimum atomic E-state index is -0.360. The smallest absolute Gasteiger partial charge is 0.265 e. The number of amides is 1. The first-order chi connectivity index (χ1) is 13.0. The van der Waals surface area contributed by atoms with Gasteiger partial charge in [0.2, 0.25) is 0 Å². The Balaban J connectivity index is 1.95. The zero-order valence-electron chi connectivity index (χ0n) is 15.5. The Labute approximate surface area is 162 Å². The normalized spacial score (nSPS) is 10.6. The zero-order valence-corrected chi connectivity index (χ0v) is 16.3. The van der Waals surface area contributed by atoms with Crippen LogP contribution in [0, 0.1) is 6.92 Å². The molecule has 0 unspecified atom stereocenters. The van der Waals surface area contributed by atoms with Gasteiger partial charge in [-0.15, -0.1) is 0 Å². The molecule has 0 aliphatic carbocycles. The minimum absolute atomic E-state index is 0.255. The Morgan fingerprint density at radius 2 is 1.85 bits per heavy atom. The van der Waals surface area contributed by atoms with E-state index < -0.39 is 0 Å². The Bertz CT molecular complexity index is 839. The Kier molecular flexibility index (Phi) is 7.31. The highest BCUT2D eigenvalue weighted by Gasteiger charge is 2.10. The molecule has 0 spiro atoms. The van der Waals surface area contributed by atoms with Gasteiger partial charge in [0.1, 0.15) is 5.75 Å². The fourth-order valence-corrected chi connectivity index (χ4v) is 2.61. The number of oxime groups is 1. The topological polar surface area (TPSA) is 78.4 Å². The van der Waals surface area contributed by atoms with Crippen molar-refractivity contribution < 1.29 is 23.8 Å². The predicted molar refractivity (Wildman–Crippen MR) is 104 cm³/mol. The van der Waals surface area contributed by atoms with Crippen LogP contribution in [-0.2, 0) is 9.63 Å². The highest BCUT2D eigenvalue weighted by molar-refractivity contribution is 6.32. The molecule has 0 radical (unpaired) electrons. The van der Waals surface area contributed by atoms with Gasteiger partial charge in [-0.2, -0.15) is 0 Å². The average Bonchev–Trinajstić information content (AvgIpc) is 2.65. The van der Waals surface area contributed by atoms with Crippen molar-refractivity contribution in [2.45, 2.75) is 6.92 Å². The molecule has 2 aromatic carbocycles. The second-order valence-electron chi connectivity index (χ2n) is 5.50. The second kappa shape index (κ2) is 9.68. The van der Waals surface area contributed by atoms with E-state index in [1.54, 1.807) is 18.2 Å². The molecule has 0 bridgehead atoms. The summed E-state index contributed by atoms with van der Waals surface area (Å²) in [6, 6.07) is 8.82. The molecule has 0 aliphatic heterocycles. The number of nitrogens with zero attached hydrogens (tertiary/aromatic N) is 1. The monoisotopic (exact) mass is 392 g/mol. The molecule has 0 aliphatic rings. The van der Waals surface area contributed by atoms with Crippen LogP contribution in [0.15, 0.2) is 35.5 Å². The predicted octanol–water partition coefficient (Wildman–Crippen LogP) is 3.66. The molecule has 2 aromatic rings. The summed E-state index contributed by atoms with van der Waals surface area (Å²) in [5, 5.41) is 6.88. The summed E-state index contributed by atoms with van der Waals surface area (Å²) in [4.78, 5) is 17.1. The highest BCUT2D eigenvalue weighted by atomic mass is 35.5. The number of halogens is 1. The highest BCUT2D eigenvalue weighted by Crippen LogP contribution is 2.35. The summed E-state index contributed by atoms with van der Waals surface area (Å²) < 4.78 is 15.6. The summed E-state index contributed by atoms with van der Waals surface area (Å²) in [5.74, 6) is 1.11. The number of carbonyl (C=O) groups is 1. The maximum absolute atomic E-state index is 12.0. The van der Waals surface area contributed by atoms with E-state index in [4.69, 9.17) is 30.6 Å². The minimum Gasteiger partial charge on any atom is -0.495 e. The lowest BCUT2D eigenvalue weighted by Gasteiger charge is -2.10. The van der Waals surface area contributed by atoms with E-state index in [1.165, 1.54) is 27.5 Å². The SMILES string of the molecule is COc1ccc(C)cc1NC(=O)CO/N=C\c1cc(Cl)c(OC)c(OC)c1. The van der Waals surface area contributed by atoms with Crippen molar-refractivity contribution in [1.29, 1.82) is 0 Å². The quantitative estimate of drug-likeness (QED) is 0.548. The molecule has 1 amide bonds. The lowest BCUT2D eigenvalue weighted by Crippen LogP contribution is -2.17. The van der Waals surface area contributed by atoms with Crippen LogP contribution in [0.25, 0.3) is 0 Å². The van der Waals surface area contributed by atoms with E-state index in [1.807, 2.05) is 19.1 Å². The first kappa shape index (κ1) is 20.4. The largest absolute Gasteiger partial charge is 0.495 e. The molecule has 8 heteroatoms. The molecule has 0 saturated carbocycles. The van der Waals surface area contributed by atoms with Gasteiger partial charge in [0, 0.05) is 5.56 Å². The van der Waals surface area contributed by atoms with Crippen LogP contribution in [0.5, 0.6) is 17.2 Å². The number of rotatable bonds is 8. The number of ether oxygens (including phenoxy) is 3. The van der Waals surface area contributed by atoms with E-state index in [0.717, 1.165) is 5.56 Å². The first-order valence-electron chi connectivity index (χ1n) is 7.99. The van der Waals surface area contributed by atoms with Gasteiger partial charge in [0.25, 0.3) is 5.91 Å². The molecular formula is C19H21ClN2O5. The van der Waals surface area contributed by atoms with E-state index in [0.29, 0.717) is 33.5 Å². The summed E-state index contributed by atoms with van der Waals surface area (Å²) in [6.45, 7) is 1.67. The Morgan fingerprint density at radius 3 is 2.52 bits per heavy atom. The summed E-state index contributed by atoms with van der Waals surface area (Å²) in [6.07, 6.45) is 1.42. The van der Waals surface area contributed by atoms with Crippen LogP contribution in [-0.4, -0.2) is 40.1 Å². The van der Waals surface area contributed by atoms with Crippen molar-refractivity contribution in [2.75, 3.05) is 33.3 Å². The van der Waals surface area contributed by atoms with Gasteiger partial charge in [-0.25, -0.2) is 0 Å². The van der Waals surface area contributed by atoms with Gasteiger partial charge >= 0.3 is 0 Å². The number of nitrogens with one attached hydrogen (secondary N) is 1. The second-order valence-corrected chi connectivity index (χ2v) is 5.91. The third-order valence-electron chi connectivity index (χ3n) is 3.56. The number of hydrogen-bond donors (Lipinski definition) is 1. The summed E-state index contributed by atoms with van der Waals surface area (Å²) in [7, 11) is 4.55. The number of hydrogen-bond acceptors (Lipinski definition) is 6. The molecular weight excluding hydrogens is 372 g/mol. The van der Waals surface area contributed by atoms with Gasteiger partial charge in [-0.05, 0) is 36.8 Å². The fourth-order valence-electron chi connectivity index (χ4n) is 2.31. The van der Waals surface area contributed by atoms with E-state index in [9.17, 15) is 4.79 Å². The van der Waals surface area contributed by atoms with Crippen LogP contribution >= 0.6 is 11.6 Å². The van der Waals surface area contributed by atoms with Crippen LogP contribution in [0.2, 0.25) is 5.02 Å². The number of methoxy groups -OCH3 is 3. The molecule has 0 saturated heterocycles. The van der Waals surface area contributed by atoms with Crippen molar-refractivity contribution >= 4 is 29.4 Å². The zero-order chi connectivity index (χ0) is 19.8. The molecule has 27 heavy (non-hydrogen) atoms. The van der Waals surface area contributed by atoms with Crippen LogP contribution in [0.1, 0.15) is 11.1 Å². The Hall–Kier alpha value is -2.93. The Morgan fingerprint density at radius 1 is 1.11 bits per heavy atom. The van der Waals surface area contributed by atoms with Crippen molar-refractivity contribution in [3.8, 4) is 17.2 Å². The van der Waals surface area contributed by atoms with Gasteiger partial charge in [0.15, 0.2) is 18.1 Å². The lowest BCUT2D eigenvalue weighted by atomic mass is 10.2. The van der Waals surface area contributed by atoms with Gasteiger partial charge in [-0.3, -0.25) is 4.79 Å². The maximum Gasteiger partial charge on any atom is 0.265 e. The fraction of sp³-hybridized carbons (Fsp3) is 0.263. The van der Waals surface area contributed by atoms with Gasteiger partial charge < -0.3 is 24.4 Å². The van der Waals surface area contributed by atoms with Crippen molar-refractivity contribution in [1.82, 2.24) is 0 Å². The number of anilines is 1. The number of aryl methyl sites for hydroxylation is 1. The first-order valence-corrected chi connectivity index (χ1v) is 8.37. The van der Waals surface area contributed by atoms with Gasteiger partial charge in [-0.1, -0.05) is 22.8 Å². The van der Waals surface area contributed by atoms with Crippen LogP contribution in [0.3, 0.4) is 0 Å². The molecule has 144 valence electrons. The molecule has 0 heterocycles. The molecule has 0 fully saturated rings. The lowest BCUT2D eigenvalue weighted by molar-refractivity contribution is -0.120.